The van der Waals surface area contributed by atoms with Crippen molar-refractivity contribution >= 4 is 35.0 Å². The predicted molar refractivity (Wildman–Crippen MR) is 87.0 cm³/mol. The van der Waals surface area contributed by atoms with E-state index in [4.69, 9.17) is 0 Å². The van der Waals surface area contributed by atoms with Crippen LogP contribution in [0.3, 0.4) is 0 Å². The molecule has 1 rings (SSSR count). The molecule has 0 aliphatic carbocycles. The van der Waals surface area contributed by atoms with Crippen molar-refractivity contribution in [2.45, 2.75) is 13.8 Å². The van der Waals surface area contributed by atoms with E-state index >= 15 is 0 Å². The maximum Gasteiger partial charge on any atom is 0.292 e. The fourth-order valence-corrected chi connectivity index (χ4v) is 2.54. The monoisotopic (exact) mass is 325 g/mol. The van der Waals surface area contributed by atoms with Gasteiger partial charge in [-0.25, -0.2) is 0 Å². The molecular formula is C14H19N3O4S. The third-order valence-corrected chi connectivity index (χ3v) is 3.87. The molecule has 7 nitrogen and oxygen atoms in total. The van der Waals surface area contributed by atoms with E-state index in [2.05, 4.69) is 5.32 Å². The molecule has 2 amide bonds. The minimum Gasteiger partial charge on any atom is -0.343 e. The summed E-state index contributed by atoms with van der Waals surface area (Å²) >= 11 is 1.19. The second-order valence-corrected chi connectivity index (χ2v) is 5.37. The zero-order valence-corrected chi connectivity index (χ0v) is 13.4. The molecule has 0 aromatic heterocycles. The number of nitrogens with one attached hydrogen (secondary N) is 1. The Morgan fingerprint density at radius 3 is 2.45 bits per heavy atom. The van der Waals surface area contributed by atoms with Gasteiger partial charge in [0.1, 0.15) is 5.69 Å². The van der Waals surface area contributed by atoms with E-state index in [0.717, 1.165) is 0 Å². The molecule has 0 bridgehead atoms. The number of nitro benzene ring substituents is 1. The van der Waals surface area contributed by atoms with Gasteiger partial charge in [-0.15, -0.1) is 11.8 Å². The van der Waals surface area contributed by atoms with Gasteiger partial charge in [-0.3, -0.25) is 19.7 Å². The molecule has 1 aromatic carbocycles. The highest BCUT2D eigenvalue weighted by Crippen LogP contribution is 2.23. The second kappa shape index (κ2) is 9.04. The lowest BCUT2D eigenvalue weighted by Crippen LogP contribution is -2.32. The number of para-hydroxylation sites is 2. The minimum atomic E-state index is -0.549. The number of rotatable bonds is 8. The molecule has 8 heteroatoms. The maximum absolute atomic E-state index is 11.8. The van der Waals surface area contributed by atoms with Gasteiger partial charge in [0.05, 0.1) is 16.4 Å². The van der Waals surface area contributed by atoms with Crippen LogP contribution in [0.5, 0.6) is 0 Å². The van der Waals surface area contributed by atoms with Crippen molar-refractivity contribution in [1.29, 1.82) is 0 Å². The van der Waals surface area contributed by atoms with Gasteiger partial charge in [0.25, 0.3) is 5.69 Å². The van der Waals surface area contributed by atoms with E-state index in [1.54, 1.807) is 11.0 Å². The first-order chi connectivity index (χ1) is 10.5. The third kappa shape index (κ3) is 5.36. The average Bonchev–Trinajstić information content (AvgIpc) is 2.48. The molecule has 0 unspecified atom stereocenters. The number of anilines is 1. The molecule has 0 atom stereocenters. The maximum atomic E-state index is 11.8. The van der Waals surface area contributed by atoms with Gasteiger partial charge in [0, 0.05) is 19.2 Å². The summed E-state index contributed by atoms with van der Waals surface area (Å²) in [6, 6.07) is 5.94. The molecule has 0 fully saturated rings. The summed E-state index contributed by atoms with van der Waals surface area (Å²) in [7, 11) is 0. The van der Waals surface area contributed by atoms with Crippen LogP contribution in [-0.2, 0) is 9.59 Å². The molecule has 0 saturated heterocycles. The largest absolute Gasteiger partial charge is 0.343 e. The highest BCUT2D eigenvalue weighted by molar-refractivity contribution is 8.00. The fourth-order valence-electron chi connectivity index (χ4n) is 1.82. The van der Waals surface area contributed by atoms with Crippen molar-refractivity contribution < 1.29 is 14.5 Å². The smallest absolute Gasteiger partial charge is 0.292 e. The van der Waals surface area contributed by atoms with Gasteiger partial charge < -0.3 is 10.2 Å². The topological polar surface area (TPSA) is 92.6 Å². The first kappa shape index (κ1) is 18.0. The standard InChI is InChI=1S/C14H19N3O4S/c1-3-16(4-2)14(19)10-22-9-13(18)15-11-7-5-6-8-12(11)17(20)21/h5-8H,3-4,9-10H2,1-2H3,(H,15,18). The summed E-state index contributed by atoms with van der Waals surface area (Å²) in [5.41, 5.74) is 0.00763. The van der Waals surface area contributed by atoms with Gasteiger partial charge >= 0.3 is 0 Å². The summed E-state index contributed by atoms with van der Waals surface area (Å²) in [5, 5.41) is 13.3. The van der Waals surface area contributed by atoms with Crippen molar-refractivity contribution in [3.63, 3.8) is 0 Å². The Morgan fingerprint density at radius 2 is 1.86 bits per heavy atom. The summed E-state index contributed by atoms with van der Waals surface area (Å²) < 4.78 is 0. The lowest BCUT2D eigenvalue weighted by atomic mass is 10.2. The Labute approximate surface area is 133 Å². The van der Waals surface area contributed by atoms with Crippen LogP contribution in [-0.4, -0.2) is 46.2 Å². The Hall–Kier alpha value is -2.09. The van der Waals surface area contributed by atoms with Crippen molar-refractivity contribution in [2.75, 3.05) is 29.9 Å². The highest BCUT2D eigenvalue weighted by atomic mass is 32.2. The van der Waals surface area contributed by atoms with Gasteiger partial charge in [-0.1, -0.05) is 12.1 Å². The lowest BCUT2D eigenvalue weighted by molar-refractivity contribution is -0.383. The predicted octanol–water partition coefficient (Wildman–Crippen LogP) is 2.13. The van der Waals surface area contributed by atoms with Crippen LogP contribution in [0.1, 0.15) is 13.8 Å². The molecule has 120 valence electrons. The molecule has 0 spiro atoms. The number of nitro groups is 1. The Morgan fingerprint density at radius 1 is 1.23 bits per heavy atom. The van der Waals surface area contributed by atoms with E-state index in [1.807, 2.05) is 13.8 Å². The number of thioether (sulfide) groups is 1. The number of carbonyl (C=O) groups is 2. The molecule has 0 aliphatic rings. The quantitative estimate of drug-likeness (QED) is 0.584. The van der Waals surface area contributed by atoms with Crippen molar-refractivity contribution in [2.24, 2.45) is 0 Å². The number of benzene rings is 1. The van der Waals surface area contributed by atoms with Gasteiger partial charge in [0.2, 0.25) is 11.8 Å². The molecule has 0 aliphatic heterocycles. The Kier molecular flexibility index (Phi) is 7.38. The Bertz CT molecular complexity index is 547. The summed E-state index contributed by atoms with van der Waals surface area (Å²) in [6.45, 7) is 5.07. The van der Waals surface area contributed by atoms with Crippen LogP contribution < -0.4 is 5.32 Å². The molecule has 1 N–H and O–H groups in total. The van der Waals surface area contributed by atoms with E-state index < -0.39 is 4.92 Å². The fraction of sp³-hybridized carbons (Fsp3) is 0.429. The van der Waals surface area contributed by atoms with Crippen molar-refractivity contribution in [1.82, 2.24) is 4.90 Å². The van der Waals surface area contributed by atoms with Crippen LogP contribution >= 0.6 is 11.8 Å². The average molecular weight is 325 g/mol. The van der Waals surface area contributed by atoms with Crippen LogP contribution in [0.25, 0.3) is 0 Å². The van der Waals surface area contributed by atoms with Crippen LogP contribution in [0.4, 0.5) is 11.4 Å². The number of hydrogen-bond donors (Lipinski definition) is 1. The number of amides is 2. The zero-order valence-electron chi connectivity index (χ0n) is 12.6. The SMILES string of the molecule is CCN(CC)C(=O)CSCC(=O)Nc1ccccc1[N+](=O)[O-]. The second-order valence-electron chi connectivity index (χ2n) is 4.38. The van der Waals surface area contributed by atoms with Crippen molar-refractivity contribution in [3.05, 3.63) is 34.4 Å². The van der Waals surface area contributed by atoms with Crippen molar-refractivity contribution in [3.8, 4) is 0 Å². The number of nitrogens with zero attached hydrogens (tertiary/aromatic N) is 2. The Balaban J connectivity index is 2.48. The molecule has 1 aromatic rings. The summed E-state index contributed by atoms with van der Waals surface area (Å²) in [6.07, 6.45) is 0. The molecule has 0 saturated carbocycles. The van der Waals surface area contributed by atoms with Crippen LogP contribution in [0.2, 0.25) is 0 Å². The highest BCUT2D eigenvalue weighted by Gasteiger charge is 2.15. The lowest BCUT2D eigenvalue weighted by Gasteiger charge is -2.18. The summed E-state index contributed by atoms with van der Waals surface area (Å²) in [5.74, 6) is -0.106. The van der Waals surface area contributed by atoms with Gasteiger partial charge in [-0.05, 0) is 19.9 Å². The molecular weight excluding hydrogens is 306 g/mol. The van der Waals surface area contributed by atoms with Crippen LogP contribution in [0.15, 0.2) is 24.3 Å². The normalized spacial score (nSPS) is 10.1. The van der Waals surface area contributed by atoms with E-state index in [9.17, 15) is 19.7 Å². The van der Waals surface area contributed by atoms with E-state index in [1.165, 1.54) is 30.0 Å². The third-order valence-electron chi connectivity index (χ3n) is 2.95. The molecule has 22 heavy (non-hydrogen) atoms. The molecule has 0 radical (unpaired) electrons. The van der Waals surface area contributed by atoms with Crippen LogP contribution in [0, 0.1) is 10.1 Å². The van der Waals surface area contributed by atoms with E-state index in [-0.39, 0.29) is 34.7 Å². The molecule has 0 heterocycles. The first-order valence-corrected chi connectivity index (χ1v) is 8.03. The number of carbonyl (C=O) groups excluding carboxylic acids is 2. The van der Waals surface area contributed by atoms with E-state index in [0.29, 0.717) is 13.1 Å². The zero-order chi connectivity index (χ0) is 16.5. The minimum absolute atomic E-state index is 0.0199. The van der Waals surface area contributed by atoms with Gasteiger partial charge in [-0.2, -0.15) is 0 Å². The van der Waals surface area contributed by atoms with Gasteiger partial charge in [0.15, 0.2) is 0 Å². The summed E-state index contributed by atoms with van der Waals surface area (Å²) in [4.78, 5) is 35.6. The number of hydrogen-bond acceptors (Lipinski definition) is 5. The first-order valence-electron chi connectivity index (χ1n) is 6.88.